The third-order valence-electron chi connectivity index (χ3n) is 0.671. The van der Waals surface area contributed by atoms with Crippen molar-refractivity contribution in [2.75, 3.05) is 19.8 Å². The smallest absolute Gasteiger partial charge is 0.0428 e. The van der Waals surface area contributed by atoms with E-state index >= 15 is 0 Å². The Morgan fingerprint density at radius 2 is 0.706 bits per heavy atom. The fraction of sp³-hybridized carbons (Fsp3) is 0.923. The molecule has 0 rings (SSSR count). The largest absolute Gasteiger partial charge is 0.396 e. The third kappa shape index (κ3) is 274. The molecule has 0 spiro atoms. The van der Waals surface area contributed by atoms with Gasteiger partial charge in [-0.05, 0) is 19.3 Å². The second-order valence-corrected chi connectivity index (χ2v) is 3.67. The molecule has 3 N–H and O–H groups in total. The minimum atomic E-state index is 0. The van der Waals surface area contributed by atoms with Gasteiger partial charge in [0.1, 0.15) is 0 Å². The molecule has 0 aliphatic carbocycles. The van der Waals surface area contributed by atoms with Crippen LogP contribution in [0.2, 0.25) is 0 Å². The van der Waals surface area contributed by atoms with Crippen LogP contribution in [0.25, 0.3) is 0 Å². The number of hydrogen-bond acceptors (Lipinski definition) is 3. The average molecular weight is 285 g/mol. The Balaban J connectivity index is -0.0000000369. The Kier molecular flexibility index (Phi) is 78.8. The summed E-state index contributed by atoms with van der Waals surface area (Å²) in [5.74, 6) is 1.42. The molecule has 0 radical (unpaired) electrons. The molecular formula is C13H33O3Ti-. The predicted molar refractivity (Wildman–Crippen MR) is 72.4 cm³/mol. The molecule has 0 aromatic rings. The van der Waals surface area contributed by atoms with Crippen molar-refractivity contribution in [3.63, 3.8) is 0 Å². The Bertz CT molecular complexity index is 53.4. The van der Waals surface area contributed by atoms with Crippen molar-refractivity contribution in [3.05, 3.63) is 5.92 Å². The van der Waals surface area contributed by atoms with E-state index in [9.17, 15) is 0 Å². The van der Waals surface area contributed by atoms with E-state index in [0.29, 0.717) is 19.8 Å². The van der Waals surface area contributed by atoms with Crippen molar-refractivity contribution in [2.45, 2.75) is 60.8 Å². The topological polar surface area (TPSA) is 60.7 Å². The monoisotopic (exact) mass is 285 g/mol. The first kappa shape index (κ1) is 30.5. The molecule has 0 aromatic carbocycles. The van der Waals surface area contributed by atoms with Gasteiger partial charge in [-0.1, -0.05) is 20.8 Å². The van der Waals surface area contributed by atoms with Gasteiger partial charge in [0.25, 0.3) is 0 Å². The molecule has 108 valence electrons. The fourth-order valence-corrected chi connectivity index (χ4v) is 0. The Morgan fingerprint density at radius 1 is 0.647 bits per heavy atom. The molecular weight excluding hydrogens is 252 g/mol. The second kappa shape index (κ2) is 43.8. The number of aliphatic hydroxyl groups excluding tert-OH is 3. The van der Waals surface area contributed by atoms with Gasteiger partial charge in [-0.15, -0.1) is 0 Å². The summed E-state index contributed by atoms with van der Waals surface area (Å²) in [7, 11) is 0. The zero-order valence-electron chi connectivity index (χ0n) is 12.6. The third-order valence-corrected chi connectivity index (χ3v) is 0.671. The Morgan fingerprint density at radius 3 is 0.706 bits per heavy atom. The molecule has 3 nitrogen and oxygen atoms in total. The molecule has 17 heavy (non-hydrogen) atoms. The van der Waals surface area contributed by atoms with Crippen LogP contribution in [0.4, 0.5) is 0 Å². The van der Waals surface area contributed by atoms with Crippen LogP contribution < -0.4 is 0 Å². The predicted octanol–water partition coefficient (Wildman–Crippen LogP) is 2.78. The first-order valence-electron chi connectivity index (χ1n) is 6.07. The number of aliphatic hydroxyl groups is 3. The summed E-state index contributed by atoms with van der Waals surface area (Å²) in [5, 5.41) is 23.6. The molecule has 0 saturated heterocycles. The minimum absolute atomic E-state index is 0. The molecule has 0 unspecified atom stereocenters. The van der Waals surface area contributed by atoms with Gasteiger partial charge in [0.05, 0.1) is 0 Å². The van der Waals surface area contributed by atoms with Gasteiger partial charge in [0, 0.05) is 41.5 Å². The molecule has 0 bridgehead atoms. The van der Waals surface area contributed by atoms with E-state index in [2.05, 4.69) is 20.8 Å². The first-order valence-corrected chi connectivity index (χ1v) is 6.07. The summed E-state index contributed by atoms with van der Waals surface area (Å²) in [5.41, 5.74) is 0. The molecule has 4 heteroatoms. The Hall–Kier alpha value is 0.594. The van der Waals surface area contributed by atoms with Gasteiger partial charge in [-0.3, -0.25) is 0 Å². The van der Waals surface area contributed by atoms with Gasteiger partial charge >= 0.3 is 0 Å². The van der Waals surface area contributed by atoms with E-state index in [0.717, 1.165) is 19.3 Å². The van der Waals surface area contributed by atoms with Crippen LogP contribution >= 0.6 is 0 Å². The molecule has 0 atom stereocenters. The number of hydrogen-bond donors (Lipinski definition) is 3. The molecule has 0 amide bonds. The molecule has 0 heterocycles. The van der Waals surface area contributed by atoms with E-state index in [1.165, 1.54) is 5.92 Å². The van der Waals surface area contributed by atoms with Crippen molar-refractivity contribution in [2.24, 2.45) is 0 Å². The molecule has 0 aromatic heterocycles. The van der Waals surface area contributed by atoms with E-state index in [4.69, 9.17) is 15.3 Å². The zero-order chi connectivity index (χ0) is 13.8. The molecule has 0 aliphatic heterocycles. The minimum Gasteiger partial charge on any atom is -0.396 e. The quantitative estimate of drug-likeness (QED) is 0.552. The summed E-state index contributed by atoms with van der Waals surface area (Å²) in [6.07, 6.45) is 2.62. The van der Waals surface area contributed by atoms with E-state index in [1.54, 1.807) is 0 Å². The normalized spacial score (nSPS) is 7.41. The van der Waals surface area contributed by atoms with Crippen LogP contribution in [0, 0.1) is 5.92 Å². The van der Waals surface area contributed by atoms with Crippen LogP contribution in [0.5, 0.6) is 0 Å². The SMILES string of the molecule is CCCO.CCCO.CCCO.C[C-](C)C.[Ti]. The van der Waals surface area contributed by atoms with Crippen LogP contribution in [0.3, 0.4) is 0 Å². The average Bonchev–Trinajstić information content (AvgIpc) is 2.28. The van der Waals surface area contributed by atoms with Gasteiger partial charge in [-0.25, -0.2) is 0 Å². The van der Waals surface area contributed by atoms with Gasteiger partial charge in [0.15, 0.2) is 0 Å². The van der Waals surface area contributed by atoms with Gasteiger partial charge in [-0.2, -0.15) is 20.8 Å². The van der Waals surface area contributed by atoms with Crippen molar-refractivity contribution in [1.82, 2.24) is 0 Å². The molecule has 0 aliphatic rings. The maximum Gasteiger partial charge on any atom is 0.0428 e. The summed E-state index contributed by atoms with van der Waals surface area (Å²) >= 11 is 0. The number of rotatable bonds is 3. The van der Waals surface area contributed by atoms with E-state index in [1.807, 2.05) is 20.8 Å². The Labute approximate surface area is 124 Å². The van der Waals surface area contributed by atoms with Crippen molar-refractivity contribution >= 4 is 0 Å². The van der Waals surface area contributed by atoms with Crippen LogP contribution in [-0.2, 0) is 21.7 Å². The van der Waals surface area contributed by atoms with E-state index < -0.39 is 0 Å². The second-order valence-electron chi connectivity index (χ2n) is 3.67. The van der Waals surface area contributed by atoms with E-state index in [-0.39, 0.29) is 21.7 Å². The maximum absolute atomic E-state index is 7.88. The summed E-state index contributed by atoms with van der Waals surface area (Å²) in [4.78, 5) is 0. The van der Waals surface area contributed by atoms with Crippen molar-refractivity contribution < 1.29 is 37.0 Å². The first-order chi connectivity index (χ1) is 7.47. The zero-order valence-corrected chi connectivity index (χ0v) is 14.1. The summed E-state index contributed by atoms with van der Waals surface area (Å²) in [6, 6.07) is 0. The summed E-state index contributed by atoms with van der Waals surface area (Å²) in [6.45, 7) is 13.0. The van der Waals surface area contributed by atoms with Crippen LogP contribution in [-0.4, -0.2) is 35.1 Å². The van der Waals surface area contributed by atoms with Crippen molar-refractivity contribution in [3.8, 4) is 0 Å². The maximum atomic E-state index is 7.88. The molecule has 0 saturated carbocycles. The molecule has 0 fully saturated rings. The van der Waals surface area contributed by atoms with Gasteiger partial charge < -0.3 is 21.2 Å². The van der Waals surface area contributed by atoms with Crippen LogP contribution in [0.1, 0.15) is 60.8 Å². The summed E-state index contributed by atoms with van der Waals surface area (Å²) < 4.78 is 0. The standard InChI is InChI=1S/C4H9.3C3H8O.Ti/c1-4(2)3;3*1-2-3-4;/h1-3H3;3*4H,2-3H2,1H3;/q-1;;;;. The van der Waals surface area contributed by atoms with Crippen molar-refractivity contribution in [1.29, 1.82) is 0 Å². The fourth-order valence-electron chi connectivity index (χ4n) is 0. The van der Waals surface area contributed by atoms with Crippen LogP contribution in [0.15, 0.2) is 0 Å². The van der Waals surface area contributed by atoms with Gasteiger partial charge in [0.2, 0.25) is 0 Å².